The molecule has 0 aliphatic heterocycles. The Morgan fingerprint density at radius 1 is 0.963 bits per heavy atom. The van der Waals surface area contributed by atoms with Crippen LogP contribution in [0, 0.1) is 20.8 Å². The number of anilines is 1. The third kappa shape index (κ3) is 4.49. The van der Waals surface area contributed by atoms with E-state index in [1.807, 2.05) is 6.92 Å². The maximum atomic E-state index is 13.0. The molecule has 148 valence electrons. The molecule has 0 saturated heterocycles. The first-order chi connectivity index (χ1) is 12.5. The first-order valence-corrected chi connectivity index (χ1v) is 11.3. The third-order valence-corrected chi connectivity index (χ3v) is 7.63. The molecule has 0 heterocycles. The quantitative estimate of drug-likeness (QED) is 0.720. The van der Waals surface area contributed by atoms with Crippen molar-refractivity contribution in [2.24, 2.45) is 5.73 Å². The molecule has 3 N–H and O–H groups in total. The van der Waals surface area contributed by atoms with Crippen molar-refractivity contribution in [1.29, 1.82) is 0 Å². The van der Waals surface area contributed by atoms with Crippen molar-refractivity contribution in [3.8, 4) is 0 Å². The van der Waals surface area contributed by atoms with Gasteiger partial charge in [-0.15, -0.1) is 0 Å². The molecule has 7 nitrogen and oxygen atoms in total. The van der Waals surface area contributed by atoms with Crippen LogP contribution in [0.1, 0.15) is 16.7 Å². The average Bonchev–Trinajstić information content (AvgIpc) is 2.59. The van der Waals surface area contributed by atoms with E-state index in [0.29, 0.717) is 16.8 Å². The van der Waals surface area contributed by atoms with E-state index in [1.54, 1.807) is 32.0 Å². The van der Waals surface area contributed by atoms with Crippen LogP contribution in [0.5, 0.6) is 0 Å². The van der Waals surface area contributed by atoms with Gasteiger partial charge in [0.15, 0.2) is 0 Å². The van der Waals surface area contributed by atoms with E-state index in [0.717, 1.165) is 9.87 Å². The molecule has 27 heavy (non-hydrogen) atoms. The average molecular weight is 412 g/mol. The number of aryl methyl sites for hydroxylation is 3. The number of sulfonamides is 2. The number of nitrogens with zero attached hydrogens (tertiary/aromatic N) is 1. The predicted octanol–water partition coefficient (Wildman–Crippen LogP) is 1.67. The van der Waals surface area contributed by atoms with E-state index in [9.17, 15) is 16.8 Å². The zero-order valence-corrected chi connectivity index (χ0v) is 17.5. The fourth-order valence-electron chi connectivity index (χ4n) is 2.72. The Kier molecular flexibility index (Phi) is 6.31. The molecule has 0 radical (unpaired) electrons. The van der Waals surface area contributed by atoms with Crippen LogP contribution >= 0.6 is 0 Å². The molecule has 9 heteroatoms. The van der Waals surface area contributed by atoms with Crippen molar-refractivity contribution in [3.05, 3.63) is 53.1 Å². The van der Waals surface area contributed by atoms with Crippen molar-refractivity contribution in [2.75, 3.05) is 24.4 Å². The third-order valence-electron chi connectivity index (χ3n) is 4.24. The predicted molar refractivity (Wildman–Crippen MR) is 107 cm³/mol. The Balaban J connectivity index is 2.54. The smallest absolute Gasteiger partial charge is 0.264 e. The van der Waals surface area contributed by atoms with E-state index in [1.165, 1.54) is 25.2 Å². The summed E-state index contributed by atoms with van der Waals surface area (Å²) in [6.07, 6.45) is 0. The maximum Gasteiger partial charge on any atom is 0.264 e. The minimum absolute atomic E-state index is 0.0301. The van der Waals surface area contributed by atoms with Gasteiger partial charge >= 0.3 is 0 Å². The zero-order valence-electron chi connectivity index (χ0n) is 15.9. The lowest BCUT2D eigenvalue weighted by atomic mass is 10.1. The molecule has 0 fully saturated rings. The normalized spacial score (nSPS) is 12.2. The van der Waals surface area contributed by atoms with Gasteiger partial charge in [-0.25, -0.2) is 21.6 Å². The summed E-state index contributed by atoms with van der Waals surface area (Å²) >= 11 is 0. The lowest BCUT2D eigenvalue weighted by molar-refractivity contribution is 0.581. The second-order valence-electron chi connectivity index (χ2n) is 6.38. The maximum absolute atomic E-state index is 13.0. The van der Waals surface area contributed by atoms with Gasteiger partial charge in [0.25, 0.3) is 10.0 Å². The van der Waals surface area contributed by atoms with Crippen LogP contribution in [0.2, 0.25) is 0 Å². The van der Waals surface area contributed by atoms with Gasteiger partial charge in [0, 0.05) is 20.1 Å². The molecule has 0 saturated carbocycles. The van der Waals surface area contributed by atoms with E-state index in [4.69, 9.17) is 5.73 Å². The Labute approximate surface area is 161 Å². The highest BCUT2D eigenvalue weighted by molar-refractivity contribution is 7.92. The van der Waals surface area contributed by atoms with Gasteiger partial charge in [0.1, 0.15) is 0 Å². The lowest BCUT2D eigenvalue weighted by Gasteiger charge is -2.23. The van der Waals surface area contributed by atoms with Crippen LogP contribution < -0.4 is 14.8 Å². The van der Waals surface area contributed by atoms with Crippen molar-refractivity contribution in [3.63, 3.8) is 0 Å². The minimum atomic E-state index is -3.83. The molecule has 0 bridgehead atoms. The van der Waals surface area contributed by atoms with Crippen LogP contribution in [-0.2, 0) is 20.0 Å². The summed E-state index contributed by atoms with van der Waals surface area (Å²) in [5.74, 6) is 0. The molecule has 0 unspecified atom stereocenters. The number of benzene rings is 2. The van der Waals surface area contributed by atoms with Crippen LogP contribution in [0.15, 0.2) is 46.2 Å². The zero-order chi connectivity index (χ0) is 20.4. The highest BCUT2D eigenvalue weighted by Crippen LogP contribution is 2.30. The van der Waals surface area contributed by atoms with Gasteiger partial charge in [-0.2, -0.15) is 0 Å². The molecule has 2 aromatic carbocycles. The second kappa shape index (κ2) is 7.97. The Hall–Kier alpha value is -1.94. The first-order valence-electron chi connectivity index (χ1n) is 8.37. The molecule has 0 aromatic heterocycles. The lowest BCUT2D eigenvalue weighted by Crippen LogP contribution is -2.31. The van der Waals surface area contributed by atoms with Crippen LogP contribution in [0.25, 0.3) is 0 Å². The number of nitrogens with one attached hydrogen (secondary N) is 1. The second-order valence-corrected chi connectivity index (χ2v) is 10.1. The first kappa shape index (κ1) is 21.4. The molecule has 0 atom stereocenters. The van der Waals surface area contributed by atoms with Gasteiger partial charge < -0.3 is 5.73 Å². The van der Waals surface area contributed by atoms with Crippen LogP contribution in [0.4, 0.5) is 5.69 Å². The fourth-order valence-corrected chi connectivity index (χ4v) is 5.26. The summed E-state index contributed by atoms with van der Waals surface area (Å²) < 4.78 is 54.5. The molecular formula is C18H25N3O4S2. The molecule has 2 aromatic rings. The van der Waals surface area contributed by atoms with Crippen molar-refractivity contribution in [1.82, 2.24) is 4.72 Å². The van der Waals surface area contributed by atoms with Gasteiger partial charge in [-0.1, -0.05) is 23.8 Å². The number of nitrogens with two attached hydrogens (primary N) is 1. The fraction of sp³-hybridized carbons (Fsp3) is 0.333. The van der Waals surface area contributed by atoms with Crippen molar-refractivity contribution < 1.29 is 16.8 Å². The summed E-state index contributed by atoms with van der Waals surface area (Å²) in [5.41, 5.74) is 7.80. The molecule has 0 amide bonds. The van der Waals surface area contributed by atoms with E-state index < -0.39 is 20.0 Å². The Morgan fingerprint density at radius 2 is 1.56 bits per heavy atom. The number of rotatable bonds is 7. The van der Waals surface area contributed by atoms with E-state index in [-0.39, 0.29) is 22.9 Å². The van der Waals surface area contributed by atoms with E-state index >= 15 is 0 Å². The largest absolute Gasteiger partial charge is 0.329 e. The van der Waals surface area contributed by atoms with E-state index in [2.05, 4.69) is 4.72 Å². The van der Waals surface area contributed by atoms with Gasteiger partial charge in [-0.3, -0.25) is 4.31 Å². The molecule has 2 rings (SSSR count). The van der Waals surface area contributed by atoms with Crippen LogP contribution in [-0.4, -0.2) is 37.0 Å². The number of hydrogen-bond donors (Lipinski definition) is 2. The van der Waals surface area contributed by atoms with Crippen molar-refractivity contribution in [2.45, 2.75) is 30.6 Å². The van der Waals surface area contributed by atoms with Crippen molar-refractivity contribution >= 4 is 25.7 Å². The SMILES string of the molecule is Cc1ccc(S(=O)(=O)N(C)c2cc(S(=O)(=O)NCCN)c(C)cc2C)cc1. The topological polar surface area (TPSA) is 110 Å². The minimum Gasteiger partial charge on any atom is -0.329 e. The van der Waals surface area contributed by atoms with Gasteiger partial charge in [0.2, 0.25) is 10.0 Å². The summed E-state index contributed by atoms with van der Waals surface area (Å²) in [5, 5.41) is 0. The summed E-state index contributed by atoms with van der Waals surface area (Å²) in [6.45, 7) is 5.55. The molecule has 0 aliphatic carbocycles. The summed E-state index contributed by atoms with van der Waals surface area (Å²) in [6, 6.07) is 9.55. The highest BCUT2D eigenvalue weighted by Gasteiger charge is 2.25. The summed E-state index contributed by atoms with van der Waals surface area (Å²) in [7, 11) is -6.21. The number of hydrogen-bond acceptors (Lipinski definition) is 5. The molecule has 0 spiro atoms. The molecule has 0 aliphatic rings. The van der Waals surface area contributed by atoms with Crippen LogP contribution in [0.3, 0.4) is 0 Å². The standard InChI is InChI=1S/C18H25N3O4S2/c1-13-5-7-16(8-6-13)27(24,25)21(4)17-12-18(15(3)11-14(17)2)26(22,23)20-10-9-19/h5-8,11-12,20H,9-10,19H2,1-4H3. The monoisotopic (exact) mass is 411 g/mol. The Morgan fingerprint density at radius 3 is 2.11 bits per heavy atom. The Bertz CT molecular complexity index is 1030. The molecular weight excluding hydrogens is 386 g/mol. The summed E-state index contributed by atoms with van der Waals surface area (Å²) in [4.78, 5) is 0.170. The van der Waals surface area contributed by atoms with Gasteiger partial charge in [-0.05, 0) is 50.1 Å². The van der Waals surface area contributed by atoms with Gasteiger partial charge in [0.05, 0.1) is 15.5 Å². The highest BCUT2D eigenvalue weighted by atomic mass is 32.2.